The van der Waals surface area contributed by atoms with Crippen LogP contribution in [0.15, 0.2) is 6.33 Å². The van der Waals surface area contributed by atoms with E-state index < -0.39 is 31.0 Å². The predicted octanol–water partition coefficient (Wildman–Crippen LogP) is -1.78. The average molecular weight is 256 g/mol. The number of nitrogens with zero attached hydrogens (tertiary/aromatic N) is 4. The van der Waals surface area contributed by atoms with E-state index in [0.29, 0.717) is 0 Å². The Hall–Kier alpha value is -2.65. The third-order valence-corrected chi connectivity index (χ3v) is 1.89. The third-order valence-electron chi connectivity index (χ3n) is 1.89. The van der Waals surface area contributed by atoms with Gasteiger partial charge in [-0.3, -0.25) is 14.9 Å². The lowest BCUT2D eigenvalue weighted by Gasteiger charge is -2.18. The van der Waals surface area contributed by atoms with Crippen LogP contribution in [0, 0.1) is 0 Å². The number of carbonyl (C=O) groups excluding carboxylic acids is 2. The number of aryl methyl sites for hydroxylation is 1. The monoisotopic (exact) mass is 256 g/mol. The lowest BCUT2D eigenvalue weighted by molar-refractivity contribution is -0.137. The number of amides is 3. The molecular weight excluding hydrogens is 244 g/mol. The first-order chi connectivity index (χ1) is 8.40. The van der Waals surface area contributed by atoms with E-state index in [1.165, 1.54) is 18.1 Å². The van der Waals surface area contributed by atoms with Crippen LogP contribution in [0.2, 0.25) is 0 Å². The van der Waals surface area contributed by atoms with Crippen molar-refractivity contribution < 1.29 is 19.5 Å². The lowest BCUT2D eigenvalue weighted by Crippen LogP contribution is -2.44. The molecule has 0 saturated heterocycles. The van der Waals surface area contributed by atoms with Crippen molar-refractivity contribution in [3.8, 4) is 0 Å². The van der Waals surface area contributed by atoms with Gasteiger partial charge in [-0.2, -0.15) is 10.1 Å². The van der Waals surface area contributed by atoms with Crippen LogP contribution < -0.4 is 11.1 Å². The molecule has 1 aromatic heterocycles. The second-order valence-corrected chi connectivity index (χ2v) is 3.35. The first-order valence-corrected chi connectivity index (χ1v) is 4.80. The van der Waals surface area contributed by atoms with Crippen molar-refractivity contribution in [3.05, 3.63) is 6.33 Å². The van der Waals surface area contributed by atoms with Crippen LogP contribution in [0.1, 0.15) is 0 Å². The zero-order chi connectivity index (χ0) is 13.7. The summed E-state index contributed by atoms with van der Waals surface area (Å²) in [5, 5.41) is 14.6. The number of nitrogens with two attached hydrogens (primary N) is 1. The zero-order valence-corrected chi connectivity index (χ0v) is 9.53. The van der Waals surface area contributed by atoms with Crippen LogP contribution in [0.3, 0.4) is 0 Å². The van der Waals surface area contributed by atoms with Gasteiger partial charge in [-0.05, 0) is 0 Å². The highest BCUT2D eigenvalue weighted by Gasteiger charge is 2.20. The number of carbonyl (C=O) groups is 3. The second kappa shape index (κ2) is 5.61. The molecule has 0 aliphatic rings. The van der Waals surface area contributed by atoms with Gasteiger partial charge in [0.2, 0.25) is 11.9 Å². The molecule has 98 valence electrons. The van der Waals surface area contributed by atoms with E-state index in [0.717, 1.165) is 4.90 Å². The van der Waals surface area contributed by atoms with Crippen LogP contribution in [0.4, 0.5) is 10.7 Å². The molecule has 0 aliphatic carbocycles. The molecule has 0 radical (unpaired) electrons. The summed E-state index contributed by atoms with van der Waals surface area (Å²) in [6, 6.07) is -0.799. The fraction of sp³-hybridized carbons (Fsp3) is 0.375. The molecule has 10 heteroatoms. The maximum absolute atomic E-state index is 11.7. The van der Waals surface area contributed by atoms with Gasteiger partial charge < -0.3 is 15.7 Å². The maximum atomic E-state index is 11.7. The number of carboxylic acid groups (broad SMARTS) is 1. The number of urea groups is 1. The summed E-state index contributed by atoms with van der Waals surface area (Å²) in [6.45, 7) is -1.15. The normalized spacial score (nSPS) is 9.83. The van der Waals surface area contributed by atoms with Crippen molar-refractivity contribution in [3.63, 3.8) is 0 Å². The van der Waals surface area contributed by atoms with Crippen LogP contribution in [0.25, 0.3) is 0 Å². The summed E-state index contributed by atoms with van der Waals surface area (Å²) in [7, 11) is 1.54. The Labute approximate surface area is 101 Å². The fourth-order valence-electron chi connectivity index (χ4n) is 1.13. The van der Waals surface area contributed by atoms with Crippen LogP contribution >= 0.6 is 0 Å². The highest BCUT2D eigenvalue weighted by Crippen LogP contribution is 2.00. The SMILES string of the molecule is Cn1ncnc1NC(=O)N(CC(N)=O)CC(=O)O. The molecule has 10 nitrogen and oxygen atoms in total. The minimum atomic E-state index is -1.26. The standard InChI is InChI=1S/C8H12N6O4/c1-13-7(10-4-11-13)12-8(18)14(2-5(9)15)3-6(16)17/h4H,2-3H2,1H3,(H2,9,15)(H,16,17)(H,10,11,12,18). The molecule has 0 aliphatic heterocycles. The fourth-order valence-corrected chi connectivity index (χ4v) is 1.13. The molecule has 3 amide bonds. The lowest BCUT2D eigenvalue weighted by atomic mass is 10.4. The van der Waals surface area contributed by atoms with E-state index >= 15 is 0 Å². The molecule has 0 atom stereocenters. The number of hydrogen-bond donors (Lipinski definition) is 3. The Morgan fingerprint density at radius 1 is 1.50 bits per heavy atom. The van der Waals surface area contributed by atoms with Crippen LogP contribution in [-0.4, -0.2) is 55.8 Å². The van der Waals surface area contributed by atoms with Crippen molar-refractivity contribution >= 4 is 23.9 Å². The number of rotatable bonds is 5. The number of hydrogen-bond acceptors (Lipinski definition) is 5. The molecule has 0 spiro atoms. The topological polar surface area (TPSA) is 143 Å². The van der Waals surface area contributed by atoms with Gasteiger partial charge in [0, 0.05) is 7.05 Å². The van der Waals surface area contributed by atoms with E-state index in [4.69, 9.17) is 10.8 Å². The van der Waals surface area contributed by atoms with Gasteiger partial charge in [0.25, 0.3) is 0 Å². The summed E-state index contributed by atoms with van der Waals surface area (Å²) < 4.78 is 1.28. The van der Waals surface area contributed by atoms with Crippen LogP contribution in [0.5, 0.6) is 0 Å². The molecule has 1 aromatic rings. The van der Waals surface area contributed by atoms with Gasteiger partial charge in [0.15, 0.2) is 0 Å². The Morgan fingerprint density at radius 3 is 2.61 bits per heavy atom. The largest absolute Gasteiger partial charge is 0.480 e. The Kier molecular flexibility index (Phi) is 4.18. The summed E-state index contributed by atoms with van der Waals surface area (Å²) in [4.78, 5) is 37.5. The number of aromatic nitrogens is 3. The van der Waals surface area contributed by atoms with Crippen molar-refractivity contribution in [1.29, 1.82) is 0 Å². The van der Waals surface area contributed by atoms with Crippen molar-refractivity contribution in [2.75, 3.05) is 18.4 Å². The van der Waals surface area contributed by atoms with Crippen molar-refractivity contribution in [2.45, 2.75) is 0 Å². The van der Waals surface area contributed by atoms with Gasteiger partial charge in [-0.15, -0.1) is 0 Å². The maximum Gasteiger partial charge on any atom is 0.325 e. The molecule has 0 fully saturated rings. The Balaban J connectivity index is 2.72. The zero-order valence-electron chi connectivity index (χ0n) is 9.53. The van der Waals surface area contributed by atoms with E-state index in [2.05, 4.69) is 15.4 Å². The second-order valence-electron chi connectivity index (χ2n) is 3.35. The van der Waals surface area contributed by atoms with Gasteiger partial charge in [0.1, 0.15) is 19.4 Å². The number of anilines is 1. The number of aliphatic carboxylic acids is 1. The first-order valence-electron chi connectivity index (χ1n) is 4.80. The Bertz CT molecular complexity index is 454. The molecule has 18 heavy (non-hydrogen) atoms. The highest BCUT2D eigenvalue weighted by molar-refractivity contribution is 5.92. The van der Waals surface area contributed by atoms with E-state index in [1.54, 1.807) is 0 Å². The van der Waals surface area contributed by atoms with Gasteiger partial charge in [-0.25, -0.2) is 9.48 Å². The highest BCUT2D eigenvalue weighted by atomic mass is 16.4. The number of carboxylic acids is 1. The molecule has 1 rings (SSSR count). The molecular formula is C8H12N6O4. The van der Waals surface area contributed by atoms with Crippen molar-refractivity contribution in [2.24, 2.45) is 12.8 Å². The minimum Gasteiger partial charge on any atom is -0.480 e. The summed E-state index contributed by atoms with van der Waals surface area (Å²) in [6.07, 6.45) is 1.21. The molecule has 4 N–H and O–H groups in total. The van der Waals surface area contributed by atoms with Crippen molar-refractivity contribution in [1.82, 2.24) is 19.7 Å². The minimum absolute atomic E-state index is 0.125. The van der Waals surface area contributed by atoms with Gasteiger partial charge in [0.05, 0.1) is 0 Å². The van der Waals surface area contributed by atoms with Gasteiger partial charge in [-0.1, -0.05) is 0 Å². The van der Waals surface area contributed by atoms with Gasteiger partial charge >= 0.3 is 12.0 Å². The number of primary amides is 1. The molecule has 1 heterocycles. The van der Waals surface area contributed by atoms with E-state index in [-0.39, 0.29) is 5.95 Å². The molecule has 0 aromatic carbocycles. The van der Waals surface area contributed by atoms with Crippen LogP contribution in [-0.2, 0) is 16.6 Å². The van der Waals surface area contributed by atoms with E-state index in [1.807, 2.05) is 0 Å². The predicted molar refractivity (Wildman–Crippen MR) is 58.4 cm³/mol. The number of nitrogens with one attached hydrogen (secondary N) is 1. The smallest absolute Gasteiger partial charge is 0.325 e. The summed E-state index contributed by atoms with van der Waals surface area (Å²) in [5.41, 5.74) is 4.92. The molecule has 0 unspecified atom stereocenters. The summed E-state index contributed by atoms with van der Waals surface area (Å²) >= 11 is 0. The summed E-state index contributed by atoms with van der Waals surface area (Å²) in [5.74, 6) is -1.95. The average Bonchev–Trinajstić information content (AvgIpc) is 2.62. The third kappa shape index (κ3) is 3.73. The molecule has 0 saturated carbocycles. The van der Waals surface area contributed by atoms with E-state index in [9.17, 15) is 14.4 Å². The Morgan fingerprint density at radius 2 is 2.17 bits per heavy atom. The first kappa shape index (κ1) is 13.4. The quantitative estimate of drug-likeness (QED) is 0.568. The molecule has 0 bridgehead atoms.